The van der Waals surface area contributed by atoms with Crippen LogP contribution in [-0.2, 0) is 7.05 Å². The second-order valence-electron chi connectivity index (χ2n) is 7.22. The summed E-state index contributed by atoms with van der Waals surface area (Å²) >= 11 is 0. The third-order valence-corrected chi connectivity index (χ3v) is 5.52. The Hall–Kier alpha value is -4.00. The lowest BCUT2D eigenvalue weighted by Crippen LogP contribution is -1.96. The van der Waals surface area contributed by atoms with Crippen molar-refractivity contribution in [3.05, 3.63) is 54.9 Å². The van der Waals surface area contributed by atoms with E-state index < -0.39 is 0 Å². The van der Waals surface area contributed by atoms with E-state index in [4.69, 9.17) is 19.2 Å². The Bertz CT molecular complexity index is 1390. The minimum Gasteiger partial charge on any atom is -0.493 e. The molecule has 0 spiro atoms. The van der Waals surface area contributed by atoms with E-state index >= 15 is 0 Å². The molecule has 5 rings (SSSR count). The Labute approximate surface area is 179 Å². The normalized spacial score (nSPS) is 11.2. The number of nitrogens with one attached hydrogen (secondary N) is 1. The number of H-pyrrole nitrogens is 1. The van der Waals surface area contributed by atoms with Crippen LogP contribution in [-0.4, -0.2) is 40.8 Å². The van der Waals surface area contributed by atoms with Gasteiger partial charge in [0.25, 0.3) is 0 Å². The molecule has 0 aliphatic carbocycles. The monoisotopic (exact) mass is 414 g/mol. The molecule has 7 nitrogen and oxygen atoms in total. The van der Waals surface area contributed by atoms with Crippen LogP contribution in [0, 0.1) is 0 Å². The van der Waals surface area contributed by atoms with Gasteiger partial charge in [-0.2, -0.15) is 0 Å². The molecule has 0 radical (unpaired) electrons. The summed E-state index contributed by atoms with van der Waals surface area (Å²) in [6.45, 7) is 0. The van der Waals surface area contributed by atoms with Crippen LogP contribution < -0.4 is 14.2 Å². The molecule has 0 saturated heterocycles. The number of imidazole rings is 1. The first kappa shape index (κ1) is 19.0. The van der Waals surface area contributed by atoms with Crippen molar-refractivity contribution in [2.24, 2.45) is 7.05 Å². The van der Waals surface area contributed by atoms with Crippen molar-refractivity contribution >= 4 is 21.9 Å². The van der Waals surface area contributed by atoms with Gasteiger partial charge in [0.1, 0.15) is 11.3 Å². The molecular weight excluding hydrogens is 392 g/mol. The zero-order valence-electron chi connectivity index (χ0n) is 17.8. The van der Waals surface area contributed by atoms with E-state index in [9.17, 15) is 0 Å². The molecular formula is C24H22N4O3. The number of rotatable bonds is 5. The average molecular weight is 414 g/mol. The van der Waals surface area contributed by atoms with Gasteiger partial charge in [0, 0.05) is 41.5 Å². The van der Waals surface area contributed by atoms with Gasteiger partial charge in [-0.05, 0) is 30.3 Å². The van der Waals surface area contributed by atoms with Crippen LogP contribution in [0.3, 0.4) is 0 Å². The molecule has 3 aromatic heterocycles. The fraction of sp³-hybridized carbons (Fsp3) is 0.167. The SMILES string of the molecule is COc1cc(-c2nccc3[nH]c(-c4cccc5c4ccn5C)nc23)cc(OC)c1OC. The number of aromatic amines is 1. The Morgan fingerprint density at radius 3 is 2.42 bits per heavy atom. The van der Waals surface area contributed by atoms with Crippen LogP contribution in [0.5, 0.6) is 17.2 Å². The van der Waals surface area contributed by atoms with Gasteiger partial charge in [-0.25, -0.2) is 4.98 Å². The number of hydrogen-bond acceptors (Lipinski definition) is 5. The zero-order valence-corrected chi connectivity index (χ0v) is 17.8. The van der Waals surface area contributed by atoms with Gasteiger partial charge in [0.05, 0.1) is 32.5 Å². The summed E-state index contributed by atoms with van der Waals surface area (Å²) in [5.74, 6) is 2.48. The van der Waals surface area contributed by atoms with E-state index in [1.54, 1.807) is 27.5 Å². The van der Waals surface area contributed by atoms with Crippen LogP contribution in [0.15, 0.2) is 54.9 Å². The maximum Gasteiger partial charge on any atom is 0.203 e. The lowest BCUT2D eigenvalue weighted by atomic mass is 10.1. The van der Waals surface area contributed by atoms with E-state index in [2.05, 4.69) is 38.9 Å². The molecule has 0 aliphatic heterocycles. The van der Waals surface area contributed by atoms with Crippen molar-refractivity contribution < 1.29 is 14.2 Å². The number of aryl methyl sites for hydroxylation is 1. The predicted octanol–water partition coefficient (Wildman–Crippen LogP) is 4.81. The van der Waals surface area contributed by atoms with Crippen molar-refractivity contribution in [1.29, 1.82) is 0 Å². The van der Waals surface area contributed by atoms with E-state index in [0.29, 0.717) is 17.2 Å². The van der Waals surface area contributed by atoms with E-state index in [-0.39, 0.29) is 0 Å². The number of ether oxygens (including phenoxy) is 3. The van der Waals surface area contributed by atoms with Crippen molar-refractivity contribution in [3.63, 3.8) is 0 Å². The quantitative estimate of drug-likeness (QED) is 0.447. The third kappa shape index (κ3) is 2.97. The summed E-state index contributed by atoms with van der Waals surface area (Å²) in [7, 11) is 6.82. The first-order valence-electron chi connectivity index (χ1n) is 9.84. The highest BCUT2D eigenvalue weighted by atomic mass is 16.5. The standard InChI is InChI=1S/C24H22N4O3/c1-28-11-9-15-16(6-5-7-18(15)28)24-26-17-8-10-25-21(22(17)27-24)14-12-19(29-2)23(31-4)20(13-14)30-3/h5-13H,1-4H3,(H,26,27). The summed E-state index contributed by atoms with van der Waals surface area (Å²) < 4.78 is 18.6. The lowest BCUT2D eigenvalue weighted by molar-refractivity contribution is 0.324. The summed E-state index contributed by atoms with van der Waals surface area (Å²) in [5, 5.41) is 1.14. The highest BCUT2D eigenvalue weighted by Gasteiger charge is 2.18. The smallest absolute Gasteiger partial charge is 0.203 e. The van der Waals surface area contributed by atoms with Crippen LogP contribution in [0.4, 0.5) is 0 Å². The fourth-order valence-electron chi connectivity index (χ4n) is 4.00. The molecule has 156 valence electrons. The molecule has 2 aromatic carbocycles. The summed E-state index contributed by atoms with van der Waals surface area (Å²) in [4.78, 5) is 13.0. The highest BCUT2D eigenvalue weighted by Crippen LogP contribution is 2.42. The minimum atomic E-state index is 0.541. The predicted molar refractivity (Wildman–Crippen MR) is 121 cm³/mol. The molecule has 7 heteroatoms. The van der Waals surface area contributed by atoms with Crippen molar-refractivity contribution in [3.8, 4) is 39.9 Å². The molecule has 0 saturated carbocycles. The van der Waals surface area contributed by atoms with Gasteiger partial charge in [-0.1, -0.05) is 12.1 Å². The third-order valence-electron chi connectivity index (χ3n) is 5.52. The number of methoxy groups -OCH3 is 3. The summed E-state index contributed by atoms with van der Waals surface area (Å²) in [5.41, 5.74) is 5.45. The molecule has 0 unspecified atom stereocenters. The van der Waals surface area contributed by atoms with Gasteiger partial charge in [-0.15, -0.1) is 0 Å². The number of aromatic nitrogens is 4. The Morgan fingerprint density at radius 1 is 0.935 bits per heavy atom. The van der Waals surface area contributed by atoms with Crippen LogP contribution in [0.25, 0.3) is 44.6 Å². The number of benzene rings is 2. The number of hydrogen-bond donors (Lipinski definition) is 1. The average Bonchev–Trinajstić information content (AvgIpc) is 3.41. The molecule has 5 aromatic rings. The second kappa shape index (κ2) is 7.36. The van der Waals surface area contributed by atoms with Crippen LogP contribution >= 0.6 is 0 Å². The van der Waals surface area contributed by atoms with Gasteiger partial charge in [0.15, 0.2) is 11.5 Å². The number of nitrogens with zero attached hydrogens (tertiary/aromatic N) is 3. The molecule has 0 bridgehead atoms. The molecule has 0 atom stereocenters. The number of fused-ring (bicyclic) bond motifs is 2. The fourth-order valence-corrected chi connectivity index (χ4v) is 4.00. The Balaban J connectivity index is 1.71. The van der Waals surface area contributed by atoms with Crippen molar-refractivity contribution in [1.82, 2.24) is 19.5 Å². The molecule has 0 aliphatic rings. The number of pyridine rings is 1. The van der Waals surface area contributed by atoms with Gasteiger partial charge in [0.2, 0.25) is 5.75 Å². The van der Waals surface area contributed by atoms with Crippen LogP contribution in [0.1, 0.15) is 0 Å². The lowest BCUT2D eigenvalue weighted by Gasteiger charge is -2.14. The highest BCUT2D eigenvalue weighted by molar-refractivity contribution is 5.97. The molecule has 31 heavy (non-hydrogen) atoms. The Morgan fingerprint density at radius 2 is 1.71 bits per heavy atom. The van der Waals surface area contributed by atoms with E-state index in [1.165, 1.54) is 0 Å². The first-order chi connectivity index (χ1) is 15.1. The maximum absolute atomic E-state index is 5.51. The zero-order chi connectivity index (χ0) is 21.5. The Kier molecular flexibility index (Phi) is 4.51. The van der Waals surface area contributed by atoms with Gasteiger partial charge >= 0.3 is 0 Å². The van der Waals surface area contributed by atoms with Crippen LogP contribution in [0.2, 0.25) is 0 Å². The summed E-state index contributed by atoms with van der Waals surface area (Å²) in [6, 6.07) is 14.0. The van der Waals surface area contributed by atoms with Crippen molar-refractivity contribution in [2.75, 3.05) is 21.3 Å². The minimum absolute atomic E-state index is 0.541. The molecule has 3 heterocycles. The summed E-state index contributed by atoms with van der Waals surface area (Å²) in [6.07, 6.45) is 3.83. The van der Waals surface area contributed by atoms with E-state index in [1.807, 2.05) is 31.3 Å². The first-order valence-corrected chi connectivity index (χ1v) is 9.84. The maximum atomic E-state index is 5.51. The van der Waals surface area contributed by atoms with Crippen molar-refractivity contribution in [2.45, 2.75) is 0 Å². The largest absolute Gasteiger partial charge is 0.493 e. The molecule has 0 amide bonds. The molecule has 0 fully saturated rings. The van der Waals surface area contributed by atoms with Gasteiger partial charge in [-0.3, -0.25) is 4.98 Å². The van der Waals surface area contributed by atoms with Gasteiger partial charge < -0.3 is 23.8 Å². The second-order valence-corrected chi connectivity index (χ2v) is 7.22. The topological polar surface area (TPSA) is 74.2 Å². The molecule has 1 N–H and O–H groups in total. The van der Waals surface area contributed by atoms with E-state index in [0.717, 1.165) is 44.6 Å².